The molecule has 0 spiro atoms. The standard InChI is InChI=1S/2C11H12BrFN2O/c1-11(2,16)10-7-4-6(12)5-8(13)9(7)14-15(10)3;1-6(5-16)11-8-3-7(12)4-9(13)10(8)14-15(11)2/h4-5,16H,1-3H3;3-4,6,16H,5H2,1-2H3. The fourth-order valence-corrected chi connectivity index (χ4v) is 4.72. The average molecular weight is 574 g/mol. The molecule has 0 saturated heterocycles. The van der Waals surface area contributed by atoms with Crippen molar-refractivity contribution in [2.24, 2.45) is 14.1 Å². The highest BCUT2D eigenvalue weighted by Gasteiger charge is 2.25. The maximum absolute atomic E-state index is 13.6. The molecule has 32 heavy (non-hydrogen) atoms. The van der Waals surface area contributed by atoms with Gasteiger partial charge in [0.15, 0.2) is 11.6 Å². The first-order valence-corrected chi connectivity index (χ1v) is 11.4. The van der Waals surface area contributed by atoms with E-state index in [2.05, 4.69) is 42.1 Å². The van der Waals surface area contributed by atoms with Crippen molar-refractivity contribution in [2.75, 3.05) is 6.61 Å². The van der Waals surface area contributed by atoms with Crippen LogP contribution in [0.4, 0.5) is 8.78 Å². The highest BCUT2D eigenvalue weighted by molar-refractivity contribution is 9.10. The minimum absolute atomic E-state index is 0.0166. The van der Waals surface area contributed by atoms with Crippen molar-refractivity contribution in [2.45, 2.75) is 32.3 Å². The van der Waals surface area contributed by atoms with Crippen molar-refractivity contribution in [3.05, 3.63) is 56.2 Å². The molecule has 172 valence electrons. The number of halogens is 4. The Hall–Kier alpha value is -1.88. The van der Waals surface area contributed by atoms with E-state index in [1.54, 1.807) is 38.7 Å². The number of fused-ring (bicyclic) bond motifs is 2. The number of aliphatic hydroxyl groups is 2. The Bertz CT molecular complexity index is 1300. The number of hydrogen-bond donors (Lipinski definition) is 2. The molecular weight excluding hydrogens is 550 g/mol. The Kier molecular flexibility index (Phi) is 7.09. The van der Waals surface area contributed by atoms with Crippen LogP contribution in [0.5, 0.6) is 0 Å². The third kappa shape index (κ3) is 4.73. The zero-order valence-electron chi connectivity index (χ0n) is 18.3. The van der Waals surface area contributed by atoms with Crippen molar-refractivity contribution < 1.29 is 19.0 Å². The number of benzene rings is 2. The molecule has 2 aromatic carbocycles. The Balaban J connectivity index is 0.000000181. The summed E-state index contributed by atoms with van der Waals surface area (Å²) in [6, 6.07) is 6.35. The second-order valence-electron chi connectivity index (χ2n) is 8.19. The minimum Gasteiger partial charge on any atom is -0.396 e. The number of hydrogen-bond acceptors (Lipinski definition) is 4. The molecule has 0 fully saturated rings. The van der Waals surface area contributed by atoms with Gasteiger partial charge < -0.3 is 10.2 Å². The van der Waals surface area contributed by atoms with E-state index in [0.717, 1.165) is 11.1 Å². The quantitative estimate of drug-likeness (QED) is 0.350. The van der Waals surface area contributed by atoms with E-state index < -0.39 is 11.4 Å². The van der Waals surface area contributed by atoms with Gasteiger partial charge in [-0.2, -0.15) is 10.2 Å². The molecule has 1 atom stereocenters. The van der Waals surface area contributed by atoms with Gasteiger partial charge in [-0.05, 0) is 38.1 Å². The second kappa shape index (κ2) is 9.17. The van der Waals surface area contributed by atoms with E-state index in [-0.39, 0.29) is 23.9 Å². The van der Waals surface area contributed by atoms with Crippen molar-refractivity contribution in [3.8, 4) is 0 Å². The molecule has 2 N–H and O–H groups in total. The molecule has 4 rings (SSSR count). The number of aromatic nitrogens is 4. The van der Waals surface area contributed by atoms with E-state index in [1.165, 1.54) is 16.8 Å². The first-order valence-electron chi connectivity index (χ1n) is 9.82. The van der Waals surface area contributed by atoms with Crippen LogP contribution in [0.15, 0.2) is 33.2 Å². The summed E-state index contributed by atoms with van der Waals surface area (Å²) in [5.74, 6) is -0.810. The number of nitrogens with zero attached hydrogens (tertiary/aromatic N) is 4. The SMILES string of the molecule is CC(CO)c1c2cc(Br)cc(F)c2nn1C.Cn1nc2c(F)cc(Br)cc2c1C(C)(C)O. The number of aliphatic hydroxyl groups excluding tert-OH is 1. The van der Waals surface area contributed by atoms with Gasteiger partial charge in [0.05, 0.1) is 18.0 Å². The Morgan fingerprint density at radius 1 is 0.938 bits per heavy atom. The zero-order chi connectivity index (χ0) is 24.0. The smallest absolute Gasteiger partial charge is 0.152 e. The zero-order valence-corrected chi connectivity index (χ0v) is 21.5. The molecule has 0 aliphatic rings. The maximum atomic E-state index is 13.6. The van der Waals surface area contributed by atoms with Gasteiger partial charge in [0.25, 0.3) is 0 Å². The summed E-state index contributed by atoms with van der Waals surface area (Å²) in [6.07, 6.45) is 0. The molecule has 0 aliphatic carbocycles. The van der Waals surface area contributed by atoms with Gasteiger partial charge in [0.1, 0.15) is 16.6 Å². The Morgan fingerprint density at radius 3 is 1.91 bits per heavy atom. The minimum atomic E-state index is -1.06. The summed E-state index contributed by atoms with van der Waals surface area (Å²) in [4.78, 5) is 0. The summed E-state index contributed by atoms with van der Waals surface area (Å²) in [6.45, 7) is 5.21. The Labute approximate surface area is 201 Å². The van der Waals surface area contributed by atoms with Crippen molar-refractivity contribution in [1.82, 2.24) is 19.6 Å². The summed E-state index contributed by atoms with van der Waals surface area (Å²) < 4.78 is 31.7. The van der Waals surface area contributed by atoms with Crippen LogP contribution in [0, 0.1) is 11.6 Å². The first kappa shape index (κ1) is 24.8. The van der Waals surface area contributed by atoms with Crippen LogP contribution in [0.25, 0.3) is 21.8 Å². The molecule has 10 heteroatoms. The van der Waals surface area contributed by atoms with Crippen molar-refractivity contribution >= 4 is 53.7 Å². The fourth-order valence-electron chi connectivity index (χ4n) is 3.86. The molecule has 2 heterocycles. The van der Waals surface area contributed by atoms with Gasteiger partial charge in [-0.15, -0.1) is 0 Å². The van der Waals surface area contributed by atoms with Crippen LogP contribution < -0.4 is 0 Å². The molecule has 0 radical (unpaired) electrons. The molecule has 0 bridgehead atoms. The third-order valence-corrected chi connectivity index (χ3v) is 6.00. The summed E-state index contributed by atoms with van der Waals surface area (Å²) in [7, 11) is 3.45. The van der Waals surface area contributed by atoms with E-state index in [0.29, 0.717) is 25.5 Å². The van der Waals surface area contributed by atoms with E-state index >= 15 is 0 Å². The topological polar surface area (TPSA) is 76.1 Å². The summed E-state index contributed by atoms with van der Waals surface area (Å²) in [5.41, 5.74) is 1.01. The lowest BCUT2D eigenvalue weighted by atomic mass is 10.0. The molecular formula is C22H24Br2F2N4O2. The van der Waals surface area contributed by atoms with E-state index in [1.807, 2.05) is 13.0 Å². The lowest BCUT2D eigenvalue weighted by Crippen LogP contribution is -2.20. The molecule has 6 nitrogen and oxygen atoms in total. The Morgan fingerprint density at radius 2 is 1.41 bits per heavy atom. The van der Waals surface area contributed by atoms with Gasteiger partial charge in [-0.1, -0.05) is 38.8 Å². The van der Waals surface area contributed by atoms with E-state index in [4.69, 9.17) is 0 Å². The number of rotatable bonds is 3. The summed E-state index contributed by atoms with van der Waals surface area (Å²) in [5, 5.41) is 28.8. The monoisotopic (exact) mass is 572 g/mol. The highest BCUT2D eigenvalue weighted by atomic mass is 79.9. The largest absolute Gasteiger partial charge is 0.396 e. The maximum Gasteiger partial charge on any atom is 0.152 e. The lowest BCUT2D eigenvalue weighted by molar-refractivity contribution is 0.0711. The molecule has 0 saturated carbocycles. The third-order valence-electron chi connectivity index (χ3n) is 5.08. The highest BCUT2D eigenvalue weighted by Crippen LogP contribution is 2.32. The van der Waals surface area contributed by atoms with Crippen LogP contribution in [0.2, 0.25) is 0 Å². The van der Waals surface area contributed by atoms with Crippen molar-refractivity contribution in [1.29, 1.82) is 0 Å². The van der Waals surface area contributed by atoms with Gasteiger partial charge in [-0.3, -0.25) is 9.36 Å². The molecule has 0 amide bonds. The molecule has 4 aromatic rings. The normalized spacial score (nSPS) is 12.8. The van der Waals surface area contributed by atoms with Crippen LogP contribution in [0.3, 0.4) is 0 Å². The molecule has 1 unspecified atom stereocenters. The van der Waals surface area contributed by atoms with Gasteiger partial charge in [0, 0.05) is 39.7 Å². The molecule has 2 aromatic heterocycles. The van der Waals surface area contributed by atoms with Crippen LogP contribution >= 0.6 is 31.9 Å². The van der Waals surface area contributed by atoms with Gasteiger partial charge >= 0.3 is 0 Å². The van der Waals surface area contributed by atoms with Gasteiger partial charge in [-0.25, -0.2) is 8.78 Å². The van der Waals surface area contributed by atoms with Crippen molar-refractivity contribution in [3.63, 3.8) is 0 Å². The summed E-state index contributed by atoms with van der Waals surface area (Å²) >= 11 is 6.49. The average Bonchev–Trinajstić information content (AvgIpc) is 3.18. The number of aryl methyl sites for hydroxylation is 2. The molecule has 0 aliphatic heterocycles. The predicted molar refractivity (Wildman–Crippen MR) is 127 cm³/mol. The lowest BCUT2D eigenvalue weighted by Gasteiger charge is -2.18. The first-order chi connectivity index (χ1) is 14.8. The van der Waals surface area contributed by atoms with Gasteiger partial charge in [0.2, 0.25) is 0 Å². The van der Waals surface area contributed by atoms with E-state index in [9.17, 15) is 19.0 Å². The van der Waals surface area contributed by atoms with Crippen LogP contribution in [0.1, 0.15) is 38.1 Å². The van der Waals surface area contributed by atoms with Crippen LogP contribution in [-0.4, -0.2) is 36.4 Å². The predicted octanol–water partition coefficient (Wildman–Crippen LogP) is 5.27. The fraction of sp³-hybridized carbons (Fsp3) is 0.364. The second-order valence-corrected chi connectivity index (χ2v) is 10.0. The van der Waals surface area contributed by atoms with Crippen LogP contribution in [-0.2, 0) is 19.7 Å².